The monoisotopic (exact) mass is 333 g/mol. The van der Waals surface area contributed by atoms with Crippen molar-refractivity contribution in [1.82, 2.24) is 15.5 Å². The minimum Gasteiger partial charge on any atom is -0.467 e. The Morgan fingerprint density at radius 1 is 1.38 bits per heavy atom. The van der Waals surface area contributed by atoms with Crippen molar-refractivity contribution < 1.29 is 18.8 Å². The van der Waals surface area contributed by atoms with Gasteiger partial charge in [0.15, 0.2) is 0 Å². The zero-order valence-electron chi connectivity index (χ0n) is 13.8. The van der Waals surface area contributed by atoms with Crippen LogP contribution in [0, 0.1) is 0 Å². The molecule has 1 spiro atoms. The largest absolute Gasteiger partial charge is 0.467 e. The predicted octanol–water partition coefficient (Wildman–Crippen LogP) is 2.10. The van der Waals surface area contributed by atoms with E-state index in [1.807, 2.05) is 6.92 Å². The number of hydrogen-bond acceptors (Lipinski definition) is 4. The minimum atomic E-state index is -0.729. The molecule has 4 amide bonds. The van der Waals surface area contributed by atoms with Crippen LogP contribution >= 0.6 is 0 Å². The Hall–Kier alpha value is -2.31. The molecule has 2 N–H and O–H groups in total. The van der Waals surface area contributed by atoms with Crippen LogP contribution in [0.1, 0.15) is 57.3 Å². The van der Waals surface area contributed by atoms with E-state index >= 15 is 0 Å². The van der Waals surface area contributed by atoms with Gasteiger partial charge in [-0.3, -0.25) is 14.5 Å². The van der Waals surface area contributed by atoms with Gasteiger partial charge in [-0.2, -0.15) is 0 Å². The first-order valence-electron chi connectivity index (χ1n) is 8.49. The van der Waals surface area contributed by atoms with E-state index in [9.17, 15) is 14.4 Å². The number of hydrogen-bond donors (Lipinski definition) is 2. The molecule has 0 aromatic carbocycles. The molecule has 1 saturated heterocycles. The van der Waals surface area contributed by atoms with Crippen molar-refractivity contribution in [3.05, 3.63) is 24.2 Å². The van der Waals surface area contributed by atoms with Crippen LogP contribution in [0.25, 0.3) is 0 Å². The van der Waals surface area contributed by atoms with Gasteiger partial charge in [0, 0.05) is 13.0 Å². The minimum absolute atomic E-state index is 0.0836. The molecule has 0 radical (unpaired) electrons. The van der Waals surface area contributed by atoms with Crippen molar-refractivity contribution in [2.75, 3.05) is 6.54 Å². The number of nitrogens with one attached hydrogen (secondary N) is 2. The molecular formula is C17H23N3O4. The number of imide groups is 1. The number of nitrogens with zero attached hydrogens (tertiary/aromatic N) is 1. The first-order chi connectivity index (χ1) is 11.5. The summed E-state index contributed by atoms with van der Waals surface area (Å²) < 4.78 is 5.24. The zero-order chi connectivity index (χ0) is 17.2. The summed E-state index contributed by atoms with van der Waals surface area (Å²) in [7, 11) is 0. The summed E-state index contributed by atoms with van der Waals surface area (Å²) in [6.07, 6.45) is 6.00. The molecule has 24 heavy (non-hydrogen) atoms. The third kappa shape index (κ3) is 3.16. The summed E-state index contributed by atoms with van der Waals surface area (Å²) in [5, 5.41) is 5.65. The molecule has 0 unspecified atom stereocenters. The molecule has 1 atom stereocenters. The van der Waals surface area contributed by atoms with Crippen molar-refractivity contribution in [3.8, 4) is 0 Å². The van der Waals surface area contributed by atoms with Gasteiger partial charge in [-0.15, -0.1) is 0 Å². The van der Waals surface area contributed by atoms with E-state index in [1.54, 1.807) is 18.4 Å². The highest BCUT2D eigenvalue weighted by atomic mass is 16.3. The first kappa shape index (κ1) is 16.5. The molecule has 0 bridgehead atoms. The van der Waals surface area contributed by atoms with E-state index in [-0.39, 0.29) is 36.9 Å². The number of carbonyl (C=O) groups is 3. The molecule has 2 fully saturated rings. The van der Waals surface area contributed by atoms with Crippen LogP contribution in [0.3, 0.4) is 0 Å². The fraction of sp³-hybridized carbons (Fsp3) is 0.588. The van der Waals surface area contributed by atoms with Crippen molar-refractivity contribution in [2.24, 2.45) is 0 Å². The smallest absolute Gasteiger partial charge is 0.325 e. The maximum atomic E-state index is 12.6. The Labute approximate surface area is 140 Å². The number of carbonyl (C=O) groups excluding carboxylic acids is 3. The van der Waals surface area contributed by atoms with Crippen LogP contribution < -0.4 is 10.6 Å². The number of rotatable bonds is 5. The predicted molar refractivity (Wildman–Crippen MR) is 85.9 cm³/mol. The SMILES string of the molecule is C[C@@H](NC(=O)CCN1C(=O)NC2(CCCCC2)C1=O)c1ccco1. The normalized spacial score (nSPS) is 21.0. The lowest BCUT2D eigenvalue weighted by atomic mass is 9.82. The highest BCUT2D eigenvalue weighted by Gasteiger charge is 2.51. The molecule has 3 rings (SSSR count). The van der Waals surface area contributed by atoms with Crippen LogP contribution in [-0.2, 0) is 9.59 Å². The van der Waals surface area contributed by atoms with Gasteiger partial charge >= 0.3 is 6.03 Å². The van der Waals surface area contributed by atoms with E-state index < -0.39 is 5.54 Å². The number of furan rings is 1. The maximum absolute atomic E-state index is 12.6. The lowest BCUT2D eigenvalue weighted by Crippen LogP contribution is -2.48. The van der Waals surface area contributed by atoms with Gasteiger partial charge in [-0.1, -0.05) is 19.3 Å². The highest BCUT2D eigenvalue weighted by molar-refractivity contribution is 6.07. The summed E-state index contributed by atoms with van der Waals surface area (Å²) in [6.45, 7) is 1.92. The second kappa shape index (κ2) is 6.67. The van der Waals surface area contributed by atoms with Gasteiger partial charge in [-0.05, 0) is 31.9 Å². The molecule has 7 nitrogen and oxygen atoms in total. The van der Waals surface area contributed by atoms with Crippen LogP contribution in [0.15, 0.2) is 22.8 Å². The van der Waals surface area contributed by atoms with Crippen molar-refractivity contribution in [1.29, 1.82) is 0 Å². The molecule has 1 aromatic rings. The molecular weight excluding hydrogens is 310 g/mol. The summed E-state index contributed by atoms with van der Waals surface area (Å²) in [4.78, 5) is 38.0. The molecule has 2 aliphatic rings. The van der Waals surface area contributed by atoms with Crippen molar-refractivity contribution in [3.63, 3.8) is 0 Å². The lowest BCUT2D eigenvalue weighted by molar-refractivity contribution is -0.132. The summed E-state index contributed by atoms with van der Waals surface area (Å²) >= 11 is 0. The molecule has 1 aromatic heterocycles. The lowest BCUT2D eigenvalue weighted by Gasteiger charge is -2.30. The van der Waals surface area contributed by atoms with Crippen LogP contribution in [0.5, 0.6) is 0 Å². The van der Waals surface area contributed by atoms with Gasteiger partial charge in [0.25, 0.3) is 5.91 Å². The average molecular weight is 333 g/mol. The standard InChI is InChI=1S/C17H23N3O4/c1-12(13-6-5-11-24-13)18-14(21)7-10-20-15(22)17(19-16(20)23)8-3-2-4-9-17/h5-6,11-12H,2-4,7-10H2,1H3,(H,18,21)(H,19,23)/t12-/m1/s1. The molecule has 2 heterocycles. The maximum Gasteiger partial charge on any atom is 0.325 e. The van der Waals surface area contributed by atoms with Crippen LogP contribution in [0.2, 0.25) is 0 Å². The van der Waals surface area contributed by atoms with E-state index in [1.165, 1.54) is 4.90 Å². The highest BCUT2D eigenvalue weighted by Crippen LogP contribution is 2.33. The van der Waals surface area contributed by atoms with Crippen LogP contribution in [-0.4, -0.2) is 34.8 Å². The summed E-state index contributed by atoms with van der Waals surface area (Å²) in [5.74, 6) is 0.266. The second-order valence-electron chi connectivity index (χ2n) is 6.58. The molecule has 1 aliphatic heterocycles. The quantitative estimate of drug-likeness (QED) is 0.807. The molecule has 130 valence electrons. The number of urea groups is 1. The van der Waals surface area contributed by atoms with Gasteiger partial charge in [0.05, 0.1) is 12.3 Å². The fourth-order valence-electron chi connectivity index (χ4n) is 3.51. The molecule has 1 saturated carbocycles. The molecule has 1 aliphatic carbocycles. The van der Waals surface area contributed by atoms with E-state index in [2.05, 4.69) is 10.6 Å². The van der Waals surface area contributed by atoms with Crippen molar-refractivity contribution >= 4 is 17.8 Å². The van der Waals surface area contributed by atoms with Gasteiger partial charge in [0.1, 0.15) is 11.3 Å². The summed E-state index contributed by atoms with van der Waals surface area (Å²) in [6, 6.07) is 2.92. The van der Waals surface area contributed by atoms with Crippen molar-refractivity contribution in [2.45, 2.75) is 57.0 Å². The van der Waals surface area contributed by atoms with Crippen LogP contribution in [0.4, 0.5) is 4.79 Å². The first-order valence-corrected chi connectivity index (χ1v) is 8.49. The fourth-order valence-corrected chi connectivity index (χ4v) is 3.51. The Bertz CT molecular complexity index is 620. The van der Waals surface area contributed by atoms with E-state index in [0.717, 1.165) is 19.3 Å². The average Bonchev–Trinajstić information content (AvgIpc) is 3.16. The Morgan fingerprint density at radius 3 is 2.79 bits per heavy atom. The third-order valence-electron chi connectivity index (χ3n) is 4.86. The van der Waals surface area contributed by atoms with Gasteiger partial charge < -0.3 is 15.1 Å². The number of amides is 4. The molecule has 7 heteroatoms. The Kier molecular flexibility index (Phi) is 4.59. The Morgan fingerprint density at radius 2 is 2.12 bits per heavy atom. The van der Waals surface area contributed by atoms with E-state index in [4.69, 9.17) is 4.42 Å². The van der Waals surface area contributed by atoms with Gasteiger partial charge in [-0.25, -0.2) is 4.79 Å². The Balaban J connectivity index is 1.53. The summed E-state index contributed by atoms with van der Waals surface area (Å²) in [5.41, 5.74) is -0.729. The topological polar surface area (TPSA) is 91.7 Å². The third-order valence-corrected chi connectivity index (χ3v) is 4.86. The van der Waals surface area contributed by atoms with E-state index in [0.29, 0.717) is 18.6 Å². The zero-order valence-corrected chi connectivity index (χ0v) is 13.8. The second-order valence-corrected chi connectivity index (χ2v) is 6.58. The van der Waals surface area contributed by atoms with Gasteiger partial charge in [0.2, 0.25) is 5.91 Å².